The predicted octanol–water partition coefficient (Wildman–Crippen LogP) is 0.637. The fourth-order valence-corrected chi connectivity index (χ4v) is 3.68. The van der Waals surface area contributed by atoms with E-state index in [0.717, 1.165) is 5.82 Å². The van der Waals surface area contributed by atoms with Crippen molar-refractivity contribution in [1.82, 2.24) is 18.8 Å². The Hall–Kier alpha value is -1.41. The number of rotatable bonds is 4. The fraction of sp³-hybridized carbons (Fsp3) is 0.714. The molecule has 0 saturated carbocycles. The van der Waals surface area contributed by atoms with Crippen molar-refractivity contribution in [3.05, 3.63) is 18.2 Å². The molecule has 0 unspecified atom stereocenters. The van der Waals surface area contributed by atoms with Crippen molar-refractivity contribution in [2.75, 3.05) is 32.4 Å². The zero-order chi connectivity index (χ0) is 16.3. The lowest BCUT2D eigenvalue weighted by Crippen LogP contribution is -2.37. The van der Waals surface area contributed by atoms with Crippen LogP contribution in [-0.4, -0.2) is 65.5 Å². The van der Waals surface area contributed by atoms with Crippen LogP contribution in [0.25, 0.3) is 0 Å². The Kier molecular flexibility index (Phi) is 5.23. The fourth-order valence-electron chi connectivity index (χ4n) is 2.81. The maximum atomic E-state index is 12.4. The molecule has 7 nitrogen and oxygen atoms in total. The molecule has 1 aromatic rings. The molecule has 124 valence electrons. The van der Waals surface area contributed by atoms with Crippen LogP contribution in [0.4, 0.5) is 0 Å². The molecule has 2 heterocycles. The van der Waals surface area contributed by atoms with E-state index in [9.17, 15) is 13.2 Å². The molecule has 1 amide bonds. The third-order valence-electron chi connectivity index (χ3n) is 4.08. The van der Waals surface area contributed by atoms with Gasteiger partial charge in [-0.3, -0.25) is 4.79 Å². The summed E-state index contributed by atoms with van der Waals surface area (Å²) in [5, 5.41) is 0. The van der Waals surface area contributed by atoms with Gasteiger partial charge in [0.2, 0.25) is 15.9 Å². The molecule has 0 bridgehead atoms. The highest BCUT2D eigenvalue weighted by Crippen LogP contribution is 2.16. The van der Waals surface area contributed by atoms with Crippen molar-refractivity contribution in [2.24, 2.45) is 0 Å². The van der Waals surface area contributed by atoms with Crippen LogP contribution in [0, 0.1) is 6.92 Å². The van der Waals surface area contributed by atoms with Crippen molar-refractivity contribution in [3.8, 4) is 0 Å². The molecular weight excluding hydrogens is 304 g/mol. The van der Waals surface area contributed by atoms with Crippen LogP contribution < -0.4 is 0 Å². The second-order valence-corrected chi connectivity index (χ2v) is 7.81. The standard InChI is InChI=1S/C14H24N4O3S/c1-12(18-8-5-15-13(18)2)11-14(19)16-6-4-7-17(10-9-16)22(3,20)21/h5,8,12H,4,6-7,9-11H2,1-3H3/t12-/m0/s1. The topological polar surface area (TPSA) is 75.5 Å². The average molecular weight is 328 g/mol. The lowest BCUT2D eigenvalue weighted by molar-refractivity contribution is -0.131. The quantitative estimate of drug-likeness (QED) is 0.813. The number of hydrogen-bond donors (Lipinski definition) is 0. The van der Waals surface area contributed by atoms with E-state index >= 15 is 0 Å². The Balaban J connectivity index is 1.94. The first-order chi connectivity index (χ1) is 10.3. The molecule has 2 rings (SSSR count). The highest BCUT2D eigenvalue weighted by Gasteiger charge is 2.24. The molecule has 0 radical (unpaired) electrons. The summed E-state index contributed by atoms with van der Waals surface area (Å²) in [7, 11) is -3.18. The first-order valence-corrected chi connectivity index (χ1v) is 9.36. The highest BCUT2D eigenvalue weighted by atomic mass is 32.2. The van der Waals surface area contributed by atoms with E-state index in [1.54, 1.807) is 11.1 Å². The van der Waals surface area contributed by atoms with E-state index in [1.807, 2.05) is 24.6 Å². The van der Waals surface area contributed by atoms with Gasteiger partial charge >= 0.3 is 0 Å². The number of sulfonamides is 1. The number of carbonyl (C=O) groups is 1. The summed E-state index contributed by atoms with van der Waals surface area (Å²) in [6, 6.07) is 0.0456. The van der Waals surface area contributed by atoms with Crippen LogP contribution >= 0.6 is 0 Å². The monoisotopic (exact) mass is 328 g/mol. The summed E-state index contributed by atoms with van der Waals surface area (Å²) in [6.07, 6.45) is 5.90. The minimum absolute atomic E-state index is 0.0456. The lowest BCUT2D eigenvalue weighted by atomic mass is 10.2. The number of imidazole rings is 1. The Labute approximate surface area is 132 Å². The minimum Gasteiger partial charge on any atom is -0.341 e. The molecule has 0 spiro atoms. The van der Waals surface area contributed by atoms with Gasteiger partial charge in [0, 0.05) is 51.0 Å². The van der Waals surface area contributed by atoms with E-state index in [2.05, 4.69) is 4.98 Å². The number of hydrogen-bond acceptors (Lipinski definition) is 4. The maximum Gasteiger partial charge on any atom is 0.224 e. The van der Waals surface area contributed by atoms with Gasteiger partial charge < -0.3 is 9.47 Å². The summed E-state index contributed by atoms with van der Waals surface area (Å²) in [5.74, 6) is 0.954. The first kappa shape index (κ1) is 17.0. The molecule has 8 heteroatoms. The summed E-state index contributed by atoms with van der Waals surface area (Å²) in [6.45, 7) is 5.84. The SMILES string of the molecule is Cc1nccn1[C@@H](C)CC(=O)N1CCCN(S(C)(=O)=O)CC1. The molecular formula is C14H24N4O3S. The number of aryl methyl sites for hydroxylation is 1. The van der Waals surface area contributed by atoms with Crippen LogP contribution in [0.5, 0.6) is 0 Å². The van der Waals surface area contributed by atoms with Gasteiger partial charge in [-0.05, 0) is 20.3 Å². The number of nitrogens with zero attached hydrogens (tertiary/aromatic N) is 4. The molecule has 22 heavy (non-hydrogen) atoms. The van der Waals surface area contributed by atoms with Crippen molar-refractivity contribution < 1.29 is 13.2 Å². The van der Waals surface area contributed by atoms with Gasteiger partial charge in [0.15, 0.2) is 0 Å². The second-order valence-electron chi connectivity index (χ2n) is 5.83. The van der Waals surface area contributed by atoms with Gasteiger partial charge in [0.25, 0.3) is 0 Å². The Morgan fingerprint density at radius 2 is 2.05 bits per heavy atom. The van der Waals surface area contributed by atoms with Crippen molar-refractivity contribution >= 4 is 15.9 Å². The summed E-state index contributed by atoms with van der Waals surface area (Å²) >= 11 is 0. The smallest absolute Gasteiger partial charge is 0.224 e. The van der Waals surface area contributed by atoms with Crippen molar-refractivity contribution in [2.45, 2.75) is 32.7 Å². The van der Waals surface area contributed by atoms with Crippen LogP contribution in [-0.2, 0) is 14.8 Å². The first-order valence-electron chi connectivity index (χ1n) is 7.51. The Bertz CT molecular complexity index is 626. The minimum atomic E-state index is -3.18. The van der Waals surface area contributed by atoms with Gasteiger partial charge in [0.05, 0.1) is 6.26 Å². The zero-order valence-electron chi connectivity index (χ0n) is 13.4. The van der Waals surface area contributed by atoms with Gasteiger partial charge in [0.1, 0.15) is 5.82 Å². The molecule has 1 aromatic heterocycles. The lowest BCUT2D eigenvalue weighted by Gasteiger charge is -2.23. The largest absolute Gasteiger partial charge is 0.341 e. The molecule has 1 aliphatic rings. The van der Waals surface area contributed by atoms with Gasteiger partial charge in [-0.2, -0.15) is 0 Å². The molecule has 0 aliphatic carbocycles. The van der Waals surface area contributed by atoms with Crippen molar-refractivity contribution in [3.63, 3.8) is 0 Å². The maximum absolute atomic E-state index is 12.4. The van der Waals surface area contributed by atoms with E-state index in [4.69, 9.17) is 0 Å². The van der Waals surface area contributed by atoms with Gasteiger partial charge in [-0.15, -0.1) is 0 Å². The molecule has 1 aliphatic heterocycles. The summed E-state index contributed by atoms with van der Waals surface area (Å²) < 4.78 is 26.6. The molecule has 0 aromatic carbocycles. The van der Waals surface area contributed by atoms with Gasteiger partial charge in [-0.1, -0.05) is 0 Å². The summed E-state index contributed by atoms with van der Waals surface area (Å²) in [4.78, 5) is 18.4. The Morgan fingerprint density at radius 3 is 2.64 bits per heavy atom. The van der Waals surface area contributed by atoms with E-state index in [1.165, 1.54) is 10.6 Å². The van der Waals surface area contributed by atoms with Crippen molar-refractivity contribution in [1.29, 1.82) is 0 Å². The second kappa shape index (κ2) is 6.78. The predicted molar refractivity (Wildman–Crippen MR) is 83.9 cm³/mol. The van der Waals surface area contributed by atoms with Crippen LogP contribution in [0.15, 0.2) is 12.4 Å². The molecule has 0 N–H and O–H groups in total. The van der Waals surface area contributed by atoms with Crippen LogP contribution in [0.3, 0.4) is 0 Å². The zero-order valence-corrected chi connectivity index (χ0v) is 14.2. The highest BCUT2D eigenvalue weighted by molar-refractivity contribution is 7.88. The van der Waals surface area contributed by atoms with Gasteiger partial charge in [-0.25, -0.2) is 17.7 Å². The number of carbonyl (C=O) groups excluding carboxylic acids is 1. The third kappa shape index (κ3) is 4.07. The van der Waals surface area contributed by atoms with Crippen LogP contribution in [0.2, 0.25) is 0 Å². The van der Waals surface area contributed by atoms with E-state index in [-0.39, 0.29) is 11.9 Å². The normalized spacial score (nSPS) is 19.0. The average Bonchev–Trinajstić information content (AvgIpc) is 2.71. The summed E-state index contributed by atoms with van der Waals surface area (Å²) in [5.41, 5.74) is 0. The van der Waals surface area contributed by atoms with E-state index < -0.39 is 10.0 Å². The third-order valence-corrected chi connectivity index (χ3v) is 5.39. The number of aromatic nitrogens is 2. The molecule has 1 saturated heterocycles. The Morgan fingerprint density at radius 1 is 1.32 bits per heavy atom. The van der Waals surface area contributed by atoms with Crippen LogP contribution in [0.1, 0.15) is 31.6 Å². The number of amides is 1. The molecule has 1 fully saturated rings. The van der Waals surface area contributed by atoms with E-state index in [0.29, 0.717) is 39.0 Å². The molecule has 1 atom stereocenters.